The van der Waals surface area contributed by atoms with Crippen LogP contribution in [0, 0.1) is 0 Å². The second kappa shape index (κ2) is 12.5. The van der Waals surface area contributed by atoms with Crippen LogP contribution in [0.3, 0.4) is 0 Å². The molecule has 0 N–H and O–H groups in total. The molecule has 1 unspecified atom stereocenters. The van der Waals surface area contributed by atoms with Gasteiger partial charge in [0.2, 0.25) is 0 Å². The van der Waals surface area contributed by atoms with Crippen molar-refractivity contribution in [3.8, 4) is 0 Å². The molecule has 1 atom stereocenters. The average molecular weight is 348 g/mol. The highest BCUT2D eigenvalue weighted by Crippen LogP contribution is 2.15. The van der Waals surface area contributed by atoms with Gasteiger partial charge in [-0.25, -0.2) is 9.59 Å². The minimum absolute atomic E-state index is 0.162. The van der Waals surface area contributed by atoms with Gasteiger partial charge >= 0.3 is 11.9 Å². The highest BCUT2D eigenvalue weighted by molar-refractivity contribution is 6.03. The third-order valence-electron chi connectivity index (χ3n) is 4.10. The Kier molecular flexibility index (Phi) is 10.6. The Bertz CT molecular complexity index is 524. The summed E-state index contributed by atoms with van der Waals surface area (Å²) in [4.78, 5) is 24.6. The van der Waals surface area contributed by atoms with Crippen molar-refractivity contribution in [2.24, 2.45) is 0 Å². The Morgan fingerprint density at radius 1 is 0.880 bits per heavy atom. The molecule has 0 heterocycles. The van der Waals surface area contributed by atoms with E-state index in [1.165, 1.54) is 25.7 Å². The zero-order chi connectivity index (χ0) is 18.5. The van der Waals surface area contributed by atoms with Crippen LogP contribution < -0.4 is 0 Å². The molecule has 1 rings (SSSR count). The monoisotopic (exact) mass is 348 g/mol. The molecule has 0 spiro atoms. The summed E-state index contributed by atoms with van der Waals surface area (Å²) in [5.41, 5.74) is 0.556. The lowest BCUT2D eigenvalue weighted by Crippen LogP contribution is -2.18. The first kappa shape index (κ1) is 21.2. The fourth-order valence-corrected chi connectivity index (χ4v) is 2.68. The fourth-order valence-electron chi connectivity index (χ4n) is 2.68. The molecule has 0 radical (unpaired) electrons. The predicted molar refractivity (Wildman–Crippen MR) is 99.9 cm³/mol. The van der Waals surface area contributed by atoms with Crippen LogP contribution >= 0.6 is 0 Å². The van der Waals surface area contributed by atoms with Crippen molar-refractivity contribution in [2.45, 2.75) is 78.2 Å². The molecule has 1 aromatic rings. The number of benzene rings is 1. The molecule has 1 aromatic carbocycles. The SMILES string of the molecule is CCCCCCCCOC(=O)c1ccccc1C(=O)OC(C)CCC. The first-order valence-corrected chi connectivity index (χ1v) is 9.57. The third-order valence-corrected chi connectivity index (χ3v) is 4.10. The summed E-state index contributed by atoms with van der Waals surface area (Å²) in [5.74, 6) is -0.919. The molecular formula is C21H32O4. The van der Waals surface area contributed by atoms with Crippen LogP contribution in [0.1, 0.15) is 92.9 Å². The van der Waals surface area contributed by atoms with E-state index in [9.17, 15) is 9.59 Å². The summed E-state index contributed by atoms with van der Waals surface area (Å²) in [6.07, 6.45) is 8.38. The molecule has 4 nitrogen and oxygen atoms in total. The Morgan fingerprint density at radius 3 is 2.12 bits per heavy atom. The van der Waals surface area contributed by atoms with Crippen LogP contribution in [0.5, 0.6) is 0 Å². The quantitative estimate of drug-likeness (QED) is 0.367. The number of unbranched alkanes of at least 4 members (excludes halogenated alkanes) is 5. The van der Waals surface area contributed by atoms with Gasteiger partial charge in [-0.3, -0.25) is 0 Å². The number of hydrogen-bond acceptors (Lipinski definition) is 4. The minimum atomic E-state index is -0.465. The smallest absolute Gasteiger partial charge is 0.339 e. The van der Waals surface area contributed by atoms with Crippen LogP contribution in [0.4, 0.5) is 0 Å². The number of ether oxygens (including phenoxy) is 2. The van der Waals surface area contributed by atoms with E-state index in [1.807, 2.05) is 13.8 Å². The van der Waals surface area contributed by atoms with Crippen molar-refractivity contribution < 1.29 is 19.1 Å². The van der Waals surface area contributed by atoms with E-state index in [4.69, 9.17) is 9.47 Å². The highest BCUT2D eigenvalue weighted by Gasteiger charge is 2.20. The van der Waals surface area contributed by atoms with Crippen LogP contribution in [-0.4, -0.2) is 24.6 Å². The topological polar surface area (TPSA) is 52.6 Å². The van der Waals surface area contributed by atoms with Gasteiger partial charge < -0.3 is 9.47 Å². The first-order valence-electron chi connectivity index (χ1n) is 9.57. The molecule has 4 heteroatoms. The highest BCUT2D eigenvalue weighted by atomic mass is 16.5. The van der Waals surface area contributed by atoms with Gasteiger partial charge in [-0.1, -0.05) is 64.5 Å². The van der Waals surface area contributed by atoms with Gasteiger partial charge in [-0.2, -0.15) is 0 Å². The van der Waals surface area contributed by atoms with Crippen molar-refractivity contribution in [3.05, 3.63) is 35.4 Å². The van der Waals surface area contributed by atoms with Gasteiger partial charge in [0.25, 0.3) is 0 Å². The standard InChI is InChI=1S/C21H32O4/c1-4-6-7-8-9-12-16-24-20(22)18-14-10-11-15-19(18)21(23)25-17(3)13-5-2/h10-11,14-15,17H,4-9,12-13,16H2,1-3H3. The largest absolute Gasteiger partial charge is 0.462 e. The molecule has 0 aliphatic carbocycles. The zero-order valence-corrected chi connectivity index (χ0v) is 15.9. The lowest BCUT2D eigenvalue weighted by atomic mass is 10.1. The summed E-state index contributed by atoms with van der Waals surface area (Å²) in [6.45, 7) is 6.48. The molecule has 140 valence electrons. The number of carbonyl (C=O) groups excluding carboxylic acids is 2. The van der Waals surface area contributed by atoms with Gasteiger partial charge in [0.05, 0.1) is 23.8 Å². The van der Waals surface area contributed by atoms with E-state index in [1.54, 1.807) is 24.3 Å². The van der Waals surface area contributed by atoms with Gasteiger partial charge in [-0.05, 0) is 31.9 Å². The van der Waals surface area contributed by atoms with Crippen molar-refractivity contribution in [2.75, 3.05) is 6.61 Å². The fraction of sp³-hybridized carbons (Fsp3) is 0.619. The summed E-state index contributed by atoms with van der Waals surface area (Å²) >= 11 is 0. The summed E-state index contributed by atoms with van der Waals surface area (Å²) in [5, 5.41) is 0. The second-order valence-electron chi connectivity index (χ2n) is 6.45. The third kappa shape index (κ3) is 8.19. The predicted octanol–water partition coefficient (Wildman–Crippen LogP) is 5.55. The van der Waals surface area contributed by atoms with E-state index in [2.05, 4.69) is 6.92 Å². The van der Waals surface area contributed by atoms with Gasteiger partial charge in [0, 0.05) is 0 Å². The van der Waals surface area contributed by atoms with E-state index < -0.39 is 11.9 Å². The second-order valence-corrected chi connectivity index (χ2v) is 6.45. The van der Waals surface area contributed by atoms with Crippen LogP contribution in [-0.2, 0) is 9.47 Å². The molecule has 25 heavy (non-hydrogen) atoms. The Hall–Kier alpha value is -1.84. The zero-order valence-electron chi connectivity index (χ0n) is 15.9. The molecule has 0 aromatic heterocycles. The maximum absolute atomic E-state index is 12.3. The lowest BCUT2D eigenvalue weighted by molar-refractivity contribution is 0.0311. The van der Waals surface area contributed by atoms with Gasteiger partial charge in [0.1, 0.15) is 0 Å². The van der Waals surface area contributed by atoms with Gasteiger partial charge in [0.15, 0.2) is 0 Å². The molecule has 0 amide bonds. The number of rotatable bonds is 12. The normalized spacial score (nSPS) is 11.8. The summed E-state index contributed by atoms with van der Waals surface area (Å²) < 4.78 is 10.7. The van der Waals surface area contributed by atoms with E-state index in [0.29, 0.717) is 6.61 Å². The number of esters is 2. The summed E-state index contributed by atoms with van der Waals surface area (Å²) in [7, 11) is 0. The van der Waals surface area contributed by atoms with Crippen LogP contribution in [0.2, 0.25) is 0 Å². The molecule has 0 aliphatic rings. The molecule has 0 aliphatic heterocycles. The van der Waals surface area contributed by atoms with Crippen LogP contribution in [0.25, 0.3) is 0 Å². The molecule has 0 fully saturated rings. The van der Waals surface area contributed by atoms with Crippen molar-refractivity contribution in [3.63, 3.8) is 0 Å². The average Bonchev–Trinajstić information content (AvgIpc) is 2.61. The molecular weight excluding hydrogens is 316 g/mol. The number of hydrogen-bond donors (Lipinski definition) is 0. The Labute approximate surface area is 151 Å². The van der Waals surface area contributed by atoms with Crippen LogP contribution in [0.15, 0.2) is 24.3 Å². The number of carbonyl (C=O) groups is 2. The Balaban J connectivity index is 2.51. The molecule has 0 saturated carbocycles. The minimum Gasteiger partial charge on any atom is -0.462 e. The summed E-state index contributed by atoms with van der Waals surface area (Å²) in [6, 6.07) is 6.69. The Morgan fingerprint density at radius 2 is 1.48 bits per heavy atom. The van der Waals surface area contributed by atoms with Crippen molar-refractivity contribution in [1.82, 2.24) is 0 Å². The van der Waals surface area contributed by atoms with E-state index >= 15 is 0 Å². The maximum Gasteiger partial charge on any atom is 0.339 e. The van der Waals surface area contributed by atoms with E-state index in [0.717, 1.165) is 25.7 Å². The van der Waals surface area contributed by atoms with E-state index in [-0.39, 0.29) is 17.2 Å². The molecule has 0 bridgehead atoms. The van der Waals surface area contributed by atoms with Crippen molar-refractivity contribution in [1.29, 1.82) is 0 Å². The first-order chi connectivity index (χ1) is 12.1. The molecule has 0 saturated heterocycles. The lowest BCUT2D eigenvalue weighted by Gasteiger charge is -2.14. The van der Waals surface area contributed by atoms with Crippen molar-refractivity contribution >= 4 is 11.9 Å². The maximum atomic E-state index is 12.3. The van der Waals surface area contributed by atoms with Gasteiger partial charge in [-0.15, -0.1) is 0 Å².